The van der Waals surface area contributed by atoms with Crippen molar-refractivity contribution in [2.24, 2.45) is 5.92 Å². The van der Waals surface area contributed by atoms with Gasteiger partial charge in [-0.05, 0) is 58.3 Å². The molecule has 0 aromatic heterocycles. The Kier molecular flexibility index (Phi) is 10.5. The zero-order valence-electron chi connectivity index (χ0n) is 31.6. The molecule has 0 amide bonds. The molecule has 4 aromatic carbocycles. The minimum atomic E-state index is -0.847. The van der Waals surface area contributed by atoms with Crippen molar-refractivity contribution < 1.29 is 28.5 Å². The highest BCUT2D eigenvalue weighted by atomic mass is 16.7. The number of allylic oxidation sites excluding steroid dienone is 4. The van der Waals surface area contributed by atoms with Gasteiger partial charge >= 0.3 is 12.3 Å². The van der Waals surface area contributed by atoms with E-state index in [2.05, 4.69) is 74.5 Å². The summed E-state index contributed by atoms with van der Waals surface area (Å²) < 4.78 is 25.2. The number of fused-ring (bicyclic) bond motifs is 6. The molecule has 6 heteroatoms. The van der Waals surface area contributed by atoms with Gasteiger partial charge in [0.15, 0.2) is 0 Å². The maximum atomic E-state index is 14.1. The standard InChI is InChI=1S/C44H52O6/c1-12-17-27(4)22-23-43(8,9)35-29(6)37-31-18-13-15-20-33(31)39(35)49-41(45)48-38-30(7)36(44(10,11)25-28(5)24-26(2)3)40(50-42(46)47-37)34-21-16-14-19-32(34)38/h13-16,18-22,25-26H,12,17,23-24H2,1-11H3/b27-22+,28-25+. The quantitative estimate of drug-likeness (QED) is 0.0998. The Morgan fingerprint density at radius 2 is 1.10 bits per heavy atom. The fourth-order valence-electron chi connectivity index (χ4n) is 7.86. The van der Waals surface area contributed by atoms with Gasteiger partial charge < -0.3 is 18.9 Å². The third kappa shape index (κ3) is 7.31. The summed E-state index contributed by atoms with van der Waals surface area (Å²) >= 11 is 0. The van der Waals surface area contributed by atoms with Crippen LogP contribution in [0.1, 0.15) is 110 Å². The Balaban J connectivity index is 1.79. The van der Waals surface area contributed by atoms with Gasteiger partial charge in [0.2, 0.25) is 0 Å². The van der Waals surface area contributed by atoms with Crippen molar-refractivity contribution in [3.8, 4) is 23.0 Å². The van der Waals surface area contributed by atoms with Crippen LogP contribution < -0.4 is 18.9 Å². The molecule has 0 unspecified atom stereocenters. The lowest BCUT2D eigenvalue weighted by molar-refractivity contribution is 0.147. The van der Waals surface area contributed by atoms with Gasteiger partial charge in [-0.25, -0.2) is 9.59 Å². The topological polar surface area (TPSA) is 71.1 Å². The maximum Gasteiger partial charge on any atom is 0.519 e. The van der Waals surface area contributed by atoms with E-state index in [0.717, 1.165) is 30.4 Å². The molecule has 4 aromatic rings. The molecule has 0 spiro atoms. The number of hydrogen-bond donors (Lipinski definition) is 0. The second-order valence-corrected chi connectivity index (χ2v) is 15.5. The molecule has 50 heavy (non-hydrogen) atoms. The number of benzene rings is 4. The largest absolute Gasteiger partial charge is 0.519 e. The fourth-order valence-corrected chi connectivity index (χ4v) is 7.86. The second kappa shape index (κ2) is 14.3. The van der Waals surface area contributed by atoms with Crippen molar-refractivity contribution in [1.82, 2.24) is 0 Å². The van der Waals surface area contributed by atoms with E-state index in [1.54, 1.807) is 0 Å². The normalized spacial score (nSPS) is 14.6. The molecule has 264 valence electrons. The number of ether oxygens (including phenoxy) is 4. The average molecular weight is 677 g/mol. The number of carbonyl (C=O) groups is 2. The SMILES string of the molecule is CCC/C(C)=C/CC(C)(C)c1c(C)c2c3ccccc3c1OC(=O)Oc1c(C)c(C(C)(C)/C=C(\C)CC(C)C)c(c3ccccc13)OC(=O)O2. The summed E-state index contributed by atoms with van der Waals surface area (Å²) in [6.07, 6.45) is 6.40. The van der Waals surface area contributed by atoms with Gasteiger partial charge in [-0.2, -0.15) is 0 Å². The van der Waals surface area contributed by atoms with Crippen LogP contribution in [0, 0.1) is 19.8 Å². The molecular weight excluding hydrogens is 624 g/mol. The molecule has 0 saturated carbocycles. The maximum absolute atomic E-state index is 14.1. The molecule has 2 aliphatic heterocycles. The molecule has 2 aliphatic rings. The summed E-state index contributed by atoms with van der Waals surface area (Å²) in [4.78, 5) is 28.3. The van der Waals surface area contributed by atoms with Gasteiger partial charge in [0.25, 0.3) is 0 Å². The molecule has 6 nitrogen and oxygen atoms in total. The minimum Gasteiger partial charge on any atom is -0.394 e. The first kappa shape index (κ1) is 36.7. The highest BCUT2D eigenvalue weighted by molar-refractivity contribution is 6.01. The fraction of sp³-hybridized carbons (Fsp3) is 0.409. The van der Waals surface area contributed by atoms with Gasteiger partial charge in [0.05, 0.1) is 0 Å². The van der Waals surface area contributed by atoms with Gasteiger partial charge in [0, 0.05) is 49.2 Å². The van der Waals surface area contributed by atoms with Gasteiger partial charge in [-0.15, -0.1) is 0 Å². The highest BCUT2D eigenvalue weighted by Gasteiger charge is 2.36. The predicted octanol–water partition coefficient (Wildman–Crippen LogP) is 12.8. The van der Waals surface area contributed by atoms with E-state index in [4.69, 9.17) is 18.9 Å². The monoisotopic (exact) mass is 676 g/mol. The van der Waals surface area contributed by atoms with Crippen LogP contribution in [0.2, 0.25) is 0 Å². The first-order valence-corrected chi connectivity index (χ1v) is 17.8. The molecular formula is C44H52O6. The summed E-state index contributed by atoms with van der Waals surface area (Å²) in [5, 5.41) is 2.51. The smallest absolute Gasteiger partial charge is 0.394 e. The van der Waals surface area contributed by atoms with Crippen LogP contribution >= 0.6 is 0 Å². The van der Waals surface area contributed by atoms with E-state index >= 15 is 0 Å². The molecule has 0 radical (unpaired) electrons. The van der Waals surface area contributed by atoms with Gasteiger partial charge in [0.1, 0.15) is 23.0 Å². The predicted molar refractivity (Wildman–Crippen MR) is 203 cm³/mol. The number of carbonyl (C=O) groups excluding carboxylic acids is 2. The first-order valence-electron chi connectivity index (χ1n) is 17.8. The van der Waals surface area contributed by atoms with Gasteiger partial charge in [-0.3, -0.25) is 0 Å². The third-order valence-corrected chi connectivity index (χ3v) is 9.72. The van der Waals surface area contributed by atoms with E-state index in [9.17, 15) is 9.59 Å². The Morgan fingerprint density at radius 1 is 0.680 bits per heavy atom. The Bertz CT molecular complexity index is 2020. The zero-order valence-corrected chi connectivity index (χ0v) is 31.6. The lowest BCUT2D eigenvalue weighted by atomic mass is 9.76. The van der Waals surface area contributed by atoms with Crippen LogP contribution in [0.4, 0.5) is 9.59 Å². The summed E-state index contributed by atoms with van der Waals surface area (Å²) in [7, 11) is 0. The van der Waals surface area contributed by atoms with Crippen LogP contribution in [0.5, 0.6) is 23.0 Å². The van der Waals surface area contributed by atoms with Gasteiger partial charge in [-0.1, -0.05) is 127 Å². The van der Waals surface area contributed by atoms with Crippen LogP contribution in [0.25, 0.3) is 21.5 Å². The lowest BCUT2D eigenvalue weighted by Gasteiger charge is -2.32. The Labute approximate surface area is 297 Å². The summed E-state index contributed by atoms with van der Waals surface area (Å²) in [6, 6.07) is 15.0. The van der Waals surface area contributed by atoms with E-state index in [1.165, 1.54) is 11.1 Å². The average Bonchev–Trinajstić information content (AvgIpc) is 3.02. The highest BCUT2D eigenvalue weighted by Crippen LogP contribution is 2.50. The van der Waals surface area contributed by atoms with Crippen molar-refractivity contribution in [2.75, 3.05) is 0 Å². The Morgan fingerprint density at radius 3 is 1.56 bits per heavy atom. The van der Waals surface area contributed by atoms with Crippen LogP contribution in [-0.2, 0) is 10.8 Å². The van der Waals surface area contributed by atoms with Crippen LogP contribution in [-0.4, -0.2) is 12.3 Å². The molecule has 0 aliphatic carbocycles. The first-order chi connectivity index (χ1) is 23.6. The molecule has 2 heterocycles. The zero-order chi connectivity index (χ0) is 36.5. The van der Waals surface area contributed by atoms with E-state index in [1.807, 2.05) is 62.4 Å². The van der Waals surface area contributed by atoms with E-state index < -0.39 is 23.1 Å². The van der Waals surface area contributed by atoms with Crippen LogP contribution in [0.3, 0.4) is 0 Å². The summed E-state index contributed by atoms with van der Waals surface area (Å²) in [5.41, 5.74) is 4.21. The molecule has 0 saturated heterocycles. The third-order valence-electron chi connectivity index (χ3n) is 9.72. The second-order valence-electron chi connectivity index (χ2n) is 15.5. The van der Waals surface area contributed by atoms with Crippen molar-refractivity contribution >= 4 is 33.9 Å². The summed E-state index contributed by atoms with van der Waals surface area (Å²) in [5.74, 6) is 1.96. The molecule has 0 fully saturated rings. The van der Waals surface area contributed by atoms with Crippen molar-refractivity contribution in [3.63, 3.8) is 0 Å². The Hall–Kier alpha value is -4.58. The molecule has 0 atom stereocenters. The van der Waals surface area contributed by atoms with Crippen molar-refractivity contribution in [3.05, 3.63) is 94.1 Å². The number of rotatable bonds is 9. The van der Waals surface area contributed by atoms with Crippen LogP contribution in [0.15, 0.2) is 71.8 Å². The lowest BCUT2D eigenvalue weighted by Crippen LogP contribution is -2.26. The molecule has 0 N–H and O–H groups in total. The molecule has 6 rings (SSSR count). The summed E-state index contributed by atoms with van der Waals surface area (Å²) in [6.45, 7) is 23.0. The van der Waals surface area contributed by atoms with E-state index in [-0.39, 0.29) is 0 Å². The minimum absolute atomic E-state index is 0.359. The number of hydrogen-bond acceptors (Lipinski definition) is 6. The van der Waals surface area contributed by atoms with Crippen molar-refractivity contribution in [1.29, 1.82) is 0 Å². The molecule has 4 bridgehead atoms. The van der Waals surface area contributed by atoms with Crippen molar-refractivity contribution in [2.45, 2.75) is 113 Å². The van der Waals surface area contributed by atoms with E-state index in [0.29, 0.717) is 68.0 Å².